The topological polar surface area (TPSA) is 29.5 Å². The molecular weight excluding hydrogens is 370 g/mol. The molecule has 0 heterocycles. The van der Waals surface area contributed by atoms with Gasteiger partial charge >= 0.3 is 0 Å². The molecule has 4 aromatic carbocycles. The highest BCUT2D eigenvalue weighted by molar-refractivity contribution is 5.98. The number of amides is 1. The minimum Gasteiger partial charge on any atom is -0.497 e. The Morgan fingerprint density at radius 2 is 1.40 bits per heavy atom. The van der Waals surface area contributed by atoms with Crippen molar-refractivity contribution < 1.29 is 9.53 Å². The first-order valence-electron chi connectivity index (χ1n) is 10.2. The molecule has 1 amide bonds. The average molecular weight is 396 g/mol. The predicted octanol–water partition coefficient (Wildman–Crippen LogP) is 5.73. The molecule has 3 heteroatoms. The van der Waals surface area contributed by atoms with Gasteiger partial charge in [0, 0.05) is 18.7 Å². The van der Waals surface area contributed by atoms with Gasteiger partial charge in [-0.25, -0.2) is 0 Å². The SMILES string of the molecule is COc1ccc2cc(C(=O)N(CCc3ccccc3)Cc3ccccc3)ccc2c1. The second-order valence-corrected chi connectivity index (χ2v) is 7.38. The summed E-state index contributed by atoms with van der Waals surface area (Å²) in [6.07, 6.45) is 0.824. The number of fused-ring (bicyclic) bond motifs is 1. The van der Waals surface area contributed by atoms with Crippen molar-refractivity contribution in [1.82, 2.24) is 4.90 Å². The fraction of sp³-hybridized carbons (Fsp3) is 0.148. The Hall–Kier alpha value is -3.59. The van der Waals surface area contributed by atoms with Gasteiger partial charge in [-0.05, 0) is 52.6 Å². The minimum absolute atomic E-state index is 0.0486. The van der Waals surface area contributed by atoms with E-state index in [4.69, 9.17) is 4.74 Å². The quantitative estimate of drug-likeness (QED) is 0.400. The summed E-state index contributed by atoms with van der Waals surface area (Å²) in [5, 5.41) is 2.09. The van der Waals surface area contributed by atoms with Gasteiger partial charge < -0.3 is 9.64 Å². The zero-order valence-electron chi connectivity index (χ0n) is 17.1. The first-order valence-corrected chi connectivity index (χ1v) is 10.2. The number of carbonyl (C=O) groups excluding carboxylic acids is 1. The third-order valence-corrected chi connectivity index (χ3v) is 5.31. The molecule has 0 fully saturated rings. The van der Waals surface area contributed by atoms with Gasteiger partial charge in [-0.15, -0.1) is 0 Å². The summed E-state index contributed by atoms with van der Waals surface area (Å²) in [5.74, 6) is 0.864. The van der Waals surface area contributed by atoms with Gasteiger partial charge in [0.25, 0.3) is 5.91 Å². The van der Waals surface area contributed by atoms with E-state index in [1.807, 2.05) is 77.7 Å². The van der Waals surface area contributed by atoms with Gasteiger partial charge in [0.15, 0.2) is 0 Å². The summed E-state index contributed by atoms with van der Waals surface area (Å²) >= 11 is 0. The molecule has 0 aliphatic heterocycles. The molecule has 0 N–H and O–H groups in total. The Morgan fingerprint density at radius 1 is 0.767 bits per heavy atom. The highest BCUT2D eigenvalue weighted by atomic mass is 16.5. The van der Waals surface area contributed by atoms with Crippen LogP contribution in [0.25, 0.3) is 10.8 Å². The smallest absolute Gasteiger partial charge is 0.254 e. The fourth-order valence-corrected chi connectivity index (χ4v) is 3.63. The lowest BCUT2D eigenvalue weighted by Gasteiger charge is -2.23. The molecular formula is C27H25NO2. The van der Waals surface area contributed by atoms with Crippen LogP contribution < -0.4 is 4.74 Å². The highest BCUT2D eigenvalue weighted by Gasteiger charge is 2.17. The minimum atomic E-state index is 0.0486. The molecule has 0 spiro atoms. The van der Waals surface area contributed by atoms with Gasteiger partial charge in [-0.1, -0.05) is 72.8 Å². The molecule has 0 radical (unpaired) electrons. The number of carbonyl (C=O) groups is 1. The summed E-state index contributed by atoms with van der Waals surface area (Å²) in [6.45, 7) is 1.26. The third-order valence-electron chi connectivity index (χ3n) is 5.31. The second kappa shape index (κ2) is 9.27. The summed E-state index contributed by atoms with van der Waals surface area (Å²) in [6, 6.07) is 32.2. The van der Waals surface area contributed by atoms with Crippen molar-refractivity contribution in [3.05, 3.63) is 114 Å². The van der Waals surface area contributed by atoms with Crippen LogP contribution in [0.4, 0.5) is 0 Å². The van der Waals surface area contributed by atoms with Crippen LogP contribution in [-0.4, -0.2) is 24.5 Å². The fourth-order valence-electron chi connectivity index (χ4n) is 3.63. The van der Waals surface area contributed by atoms with Crippen LogP contribution in [0.15, 0.2) is 97.1 Å². The van der Waals surface area contributed by atoms with E-state index in [9.17, 15) is 4.79 Å². The zero-order chi connectivity index (χ0) is 20.8. The molecule has 0 saturated carbocycles. The van der Waals surface area contributed by atoms with Crippen molar-refractivity contribution in [3.8, 4) is 5.75 Å². The number of methoxy groups -OCH3 is 1. The van der Waals surface area contributed by atoms with E-state index in [0.717, 1.165) is 28.5 Å². The lowest BCUT2D eigenvalue weighted by molar-refractivity contribution is 0.0745. The molecule has 0 unspecified atom stereocenters. The molecule has 4 rings (SSSR count). The van der Waals surface area contributed by atoms with Gasteiger partial charge in [0.1, 0.15) is 5.75 Å². The Labute approximate surface area is 177 Å². The molecule has 0 saturated heterocycles. The Balaban J connectivity index is 1.59. The molecule has 0 aromatic heterocycles. The van der Waals surface area contributed by atoms with Crippen molar-refractivity contribution in [2.24, 2.45) is 0 Å². The van der Waals surface area contributed by atoms with Crippen LogP contribution in [0.3, 0.4) is 0 Å². The van der Waals surface area contributed by atoms with Crippen LogP contribution >= 0.6 is 0 Å². The molecule has 150 valence electrons. The summed E-state index contributed by atoms with van der Waals surface area (Å²) in [5.41, 5.74) is 3.06. The lowest BCUT2D eigenvalue weighted by atomic mass is 10.0. The maximum atomic E-state index is 13.4. The van der Waals surface area contributed by atoms with Crippen LogP contribution in [0, 0.1) is 0 Å². The normalized spacial score (nSPS) is 10.7. The van der Waals surface area contributed by atoms with Crippen LogP contribution in [0.5, 0.6) is 5.75 Å². The molecule has 0 bridgehead atoms. The average Bonchev–Trinajstić information content (AvgIpc) is 2.82. The molecule has 3 nitrogen and oxygen atoms in total. The van der Waals surface area contributed by atoms with Crippen molar-refractivity contribution >= 4 is 16.7 Å². The molecule has 30 heavy (non-hydrogen) atoms. The summed E-state index contributed by atoms with van der Waals surface area (Å²) < 4.78 is 5.30. The van der Waals surface area contributed by atoms with E-state index in [2.05, 4.69) is 24.3 Å². The van der Waals surface area contributed by atoms with Gasteiger partial charge in [-0.2, -0.15) is 0 Å². The van der Waals surface area contributed by atoms with Crippen LogP contribution in [0.1, 0.15) is 21.5 Å². The maximum absolute atomic E-state index is 13.4. The predicted molar refractivity (Wildman–Crippen MR) is 122 cm³/mol. The Bertz CT molecular complexity index is 1120. The second-order valence-electron chi connectivity index (χ2n) is 7.38. The largest absolute Gasteiger partial charge is 0.497 e. The number of ether oxygens (including phenoxy) is 1. The molecule has 0 atom stereocenters. The number of nitrogens with zero attached hydrogens (tertiary/aromatic N) is 1. The number of benzene rings is 4. The van der Waals surface area contributed by atoms with Crippen molar-refractivity contribution in [2.45, 2.75) is 13.0 Å². The van der Waals surface area contributed by atoms with Gasteiger partial charge in [-0.3, -0.25) is 4.79 Å². The molecule has 0 aliphatic rings. The van der Waals surface area contributed by atoms with Gasteiger partial charge in [0.2, 0.25) is 0 Å². The van der Waals surface area contributed by atoms with Crippen LogP contribution in [0.2, 0.25) is 0 Å². The van der Waals surface area contributed by atoms with Gasteiger partial charge in [0.05, 0.1) is 7.11 Å². The Kier molecular flexibility index (Phi) is 6.09. The number of rotatable bonds is 7. The van der Waals surface area contributed by atoms with E-state index in [0.29, 0.717) is 18.7 Å². The van der Waals surface area contributed by atoms with E-state index in [1.54, 1.807) is 7.11 Å². The first-order chi connectivity index (χ1) is 14.7. The first kappa shape index (κ1) is 19.7. The molecule has 4 aromatic rings. The van der Waals surface area contributed by atoms with Crippen LogP contribution in [-0.2, 0) is 13.0 Å². The third kappa shape index (κ3) is 4.69. The molecule has 0 aliphatic carbocycles. The van der Waals surface area contributed by atoms with E-state index in [-0.39, 0.29) is 5.91 Å². The van der Waals surface area contributed by atoms with Crippen molar-refractivity contribution in [1.29, 1.82) is 0 Å². The highest BCUT2D eigenvalue weighted by Crippen LogP contribution is 2.23. The Morgan fingerprint density at radius 3 is 2.10 bits per heavy atom. The summed E-state index contributed by atoms with van der Waals surface area (Å²) in [4.78, 5) is 15.4. The van der Waals surface area contributed by atoms with Crippen molar-refractivity contribution in [2.75, 3.05) is 13.7 Å². The van der Waals surface area contributed by atoms with E-state index < -0.39 is 0 Å². The number of hydrogen-bond acceptors (Lipinski definition) is 2. The zero-order valence-corrected chi connectivity index (χ0v) is 17.1. The number of hydrogen-bond donors (Lipinski definition) is 0. The van der Waals surface area contributed by atoms with E-state index in [1.165, 1.54) is 5.56 Å². The van der Waals surface area contributed by atoms with Crippen molar-refractivity contribution in [3.63, 3.8) is 0 Å². The standard InChI is InChI=1S/C27H25NO2/c1-30-26-15-14-23-18-25(13-12-24(23)19-26)27(29)28(20-22-10-6-3-7-11-22)17-16-21-8-4-2-5-9-21/h2-15,18-19H,16-17,20H2,1H3. The van der Waals surface area contributed by atoms with E-state index >= 15 is 0 Å². The summed E-state index contributed by atoms with van der Waals surface area (Å²) in [7, 11) is 1.66. The monoisotopic (exact) mass is 395 g/mol. The maximum Gasteiger partial charge on any atom is 0.254 e. The lowest BCUT2D eigenvalue weighted by Crippen LogP contribution is -2.32.